The largest absolute Gasteiger partial charge is 0.508 e. The quantitative estimate of drug-likeness (QED) is 0.358. The zero-order valence-electron chi connectivity index (χ0n) is 14.7. The van der Waals surface area contributed by atoms with E-state index < -0.39 is 0 Å². The molecule has 4 aromatic rings. The van der Waals surface area contributed by atoms with Crippen molar-refractivity contribution in [1.29, 1.82) is 0 Å². The topological polar surface area (TPSA) is 104 Å². The van der Waals surface area contributed by atoms with Crippen molar-refractivity contribution in [2.45, 2.75) is 13.5 Å². The number of anilines is 1. The smallest absolute Gasteiger partial charge is 0.121 e. The summed E-state index contributed by atoms with van der Waals surface area (Å²) in [5, 5.41) is 29.1. The minimum atomic E-state index is -0.263. The third-order valence-corrected chi connectivity index (χ3v) is 4.47. The first-order chi connectivity index (χ1) is 13.0. The Morgan fingerprint density at radius 2 is 1.63 bits per heavy atom. The lowest BCUT2D eigenvalue weighted by Crippen LogP contribution is -1.93. The second-order valence-electron chi connectivity index (χ2n) is 6.42. The molecule has 0 saturated heterocycles. The van der Waals surface area contributed by atoms with E-state index in [1.165, 1.54) is 6.07 Å². The van der Waals surface area contributed by atoms with Crippen molar-refractivity contribution in [3.8, 4) is 5.75 Å². The number of nitrogen functional groups attached to an aromatic ring is 1. The maximum atomic E-state index is 9.62. The number of pyridine rings is 1. The van der Waals surface area contributed by atoms with Crippen molar-refractivity contribution in [3.05, 3.63) is 65.7 Å². The zero-order chi connectivity index (χ0) is 19.0. The van der Waals surface area contributed by atoms with E-state index in [9.17, 15) is 10.2 Å². The summed E-state index contributed by atoms with van der Waals surface area (Å²) in [5.74, 6) is 0.0314. The third kappa shape index (κ3) is 3.18. The molecule has 134 valence electrons. The van der Waals surface area contributed by atoms with Gasteiger partial charge in [0.25, 0.3) is 0 Å². The molecule has 6 heteroatoms. The number of fused-ring (bicyclic) bond motifs is 2. The van der Waals surface area contributed by atoms with Gasteiger partial charge in [-0.2, -0.15) is 10.2 Å². The van der Waals surface area contributed by atoms with Crippen molar-refractivity contribution in [2.75, 3.05) is 5.73 Å². The molecule has 0 fully saturated rings. The molecule has 0 radical (unpaired) electrons. The van der Waals surface area contributed by atoms with Crippen molar-refractivity contribution in [3.63, 3.8) is 0 Å². The second kappa shape index (κ2) is 6.66. The molecule has 0 saturated carbocycles. The van der Waals surface area contributed by atoms with Crippen LogP contribution >= 0.6 is 0 Å². The number of hydrogen-bond donors (Lipinski definition) is 3. The van der Waals surface area contributed by atoms with Gasteiger partial charge in [-0.1, -0.05) is 11.6 Å². The summed E-state index contributed by atoms with van der Waals surface area (Å²) in [6.07, 6.45) is 0. The van der Waals surface area contributed by atoms with Gasteiger partial charge >= 0.3 is 0 Å². The number of azo groups is 1. The van der Waals surface area contributed by atoms with Gasteiger partial charge in [0.2, 0.25) is 0 Å². The number of hydrogen-bond acceptors (Lipinski definition) is 6. The van der Waals surface area contributed by atoms with E-state index in [1.807, 2.05) is 43.3 Å². The first-order valence-corrected chi connectivity index (χ1v) is 8.49. The number of aromatic nitrogens is 1. The number of benzene rings is 3. The average molecular weight is 358 g/mol. The van der Waals surface area contributed by atoms with Gasteiger partial charge in [0.15, 0.2) is 0 Å². The molecule has 3 aromatic carbocycles. The molecular weight excluding hydrogens is 340 g/mol. The van der Waals surface area contributed by atoms with Crippen LogP contribution in [0, 0.1) is 6.92 Å². The van der Waals surface area contributed by atoms with Gasteiger partial charge in [0.05, 0.1) is 34.7 Å². The number of aromatic hydroxyl groups is 1. The van der Waals surface area contributed by atoms with Gasteiger partial charge in [-0.25, -0.2) is 4.98 Å². The fourth-order valence-electron chi connectivity index (χ4n) is 3.02. The van der Waals surface area contributed by atoms with Crippen molar-refractivity contribution >= 4 is 38.9 Å². The van der Waals surface area contributed by atoms with Gasteiger partial charge in [-0.15, -0.1) is 0 Å². The Balaban J connectivity index is 1.75. The Bertz CT molecular complexity index is 1200. The van der Waals surface area contributed by atoms with E-state index in [4.69, 9.17) is 5.73 Å². The number of phenols is 1. The van der Waals surface area contributed by atoms with E-state index in [2.05, 4.69) is 15.2 Å². The Kier molecular flexibility index (Phi) is 4.18. The van der Waals surface area contributed by atoms with Crippen molar-refractivity contribution in [2.24, 2.45) is 10.2 Å². The molecule has 0 bridgehead atoms. The van der Waals surface area contributed by atoms with Crippen molar-refractivity contribution in [1.82, 2.24) is 4.98 Å². The number of aliphatic hydroxyl groups excluding tert-OH is 1. The molecular formula is C21H18N4O2. The van der Waals surface area contributed by atoms with Gasteiger partial charge < -0.3 is 15.9 Å². The predicted molar refractivity (Wildman–Crippen MR) is 107 cm³/mol. The van der Waals surface area contributed by atoms with Crippen LogP contribution in [-0.4, -0.2) is 15.2 Å². The van der Waals surface area contributed by atoms with Crippen LogP contribution in [0.3, 0.4) is 0 Å². The molecule has 0 aliphatic rings. The Morgan fingerprint density at radius 3 is 2.41 bits per heavy atom. The number of aliphatic hydroxyl groups is 1. The van der Waals surface area contributed by atoms with E-state index in [1.54, 1.807) is 12.1 Å². The third-order valence-electron chi connectivity index (χ3n) is 4.47. The standard InChI is InChI=1S/C21H18N4O2/c1-12-2-6-18-17(8-12)21(22)16-5-3-15(10-19(16)23-18)25-24-14-4-7-20(27)13(9-14)11-26/h2-10,26-27H,11H2,1H3,(H2,22,23). The zero-order valence-corrected chi connectivity index (χ0v) is 14.7. The maximum absolute atomic E-state index is 9.62. The minimum Gasteiger partial charge on any atom is -0.508 e. The molecule has 0 aliphatic carbocycles. The Hall–Kier alpha value is -3.51. The number of rotatable bonds is 3. The number of aryl methyl sites for hydroxylation is 1. The van der Waals surface area contributed by atoms with E-state index in [0.29, 0.717) is 22.6 Å². The van der Waals surface area contributed by atoms with Crippen molar-refractivity contribution < 1.29 is 10.2 Å². The molecule has 0 atom stereocenters. The number of nitrogens with two attached hydrogens (primary N) is 1. The average Bonchev–Trinajstić information content (AvgIpc) is 2.68. The molecule has 4 rings (SSSR count). The summed E-state index contributed by atoms with van der Waals surface area (Å²) < 4.78 is 0. The molecule has 0 aliphatic heterocycles. The highest BCUT2D eigenvalue weighted by atomic mass is 16.3. The molecule has 0 amide bonds. The SMILES string of the molecule is Cc1ccc2nc3cc(N=Nc4ccc(O)c(CO)c4)ccc3c(N)c2c1. The second-order valence-corrected chi connectivity index (χ2v) is 6.42. The maximum Gasteiger partial charge on any atom is 0.121 e. The molecule has 0 spiro atoms. The first kappa shape index (κ1) is 16.9. The van der Waals surface area contributed by atoms with Gasteiger partial charge in [0.1, 0.15) is 5.75 Å². The van der Waals surface area contributed by atoms with Crippen LogP contribution in [0.4, 0.5) is 17.1 Å². The van der Waals surface area contributed by atoms with Crippen LogP contribution < -0.4 is 5.73 Å². The predicted octanol–water partition coefficient (Wildman–Crippen LogP) is 4.89. The normalized spacial score (nSPS) is 11.6. The highest BCUT2D eigenvalue weighted by molar-refractivity contribution is 6.07. The Morgan fingerprint density at radius 1 is 0.889 bits per heavy atom. The molecule has 6 nitrogen and oxygen atoms in total. The lowest BCUT2D eigenvalue weighted by Gasteiger charge is -2.08. The molecule has 1 heterocycles. The molecule has 0 unspecified atom stereocenters. The van der Waals surface area contributed by atoms with Crippen LogP contribution in [0.2, 0.25) is 0 Å². The van der Waals surface area contributed by atoms with Crippen LogP contribution in [0.15, 0.2) is 64.8 Å². The fraction of sp³-hybridized carbons (Fsp3) is 0.0952. The van der Waals surface area contributed by atoms with E-state index in [-0.39, 0.29) is 12.4 Å². The minimum absolute atomic E-state index is 0.0314. The van der Waals surface area contributed by atoms with E-state index in [0.717, 1.165) is 27.4 Å². The van der Waals surface area contributed by atoms with Crippen LogP contribution in [0.25, 0.3) is 21.8 Å². The van der Waals surface area contributed by atoms with Gasteiger partial charge in [0, 0.05) is 16.3 Å². The summed E-state index contributed by atoms with van der Waals surface area (Å²) in [5.41, 5.74) is 11.4. The fourth-order valence-corrected chi connectivity index (χ4v) is 3.02. The summed E-state index contributed by atoms with van der Waals surface area (Å²) in [7, 11) is 0. The molecule has 4 N–H and O–H groups in total. The van der Waals surface area contributed by atoms with Crippen LogP contribution in [0.1, 0.15) is 11.1 Å². The summed E-state index contributed by atoms with van der Waals surface area (Å²) >= 11 is 0. The lowest BCUT2D eigenvalue weighted by atomic mass is 10.1. The highest BCUT2D eigenvalue weighted by Crippen LogP contribution is 2.32. The Labute approximate surface area is 155 Å². The molecule has 27 heavy (non-hydrogen) atoms. The lowest BCUT2D eigenvalue weighted by molar-refractivity contribution is 0.275. The highest BCUT2D eigenvalue weighted by Gasteiger charge is 2.07. The summed E-state index contributed by atoms with van der Waals surface area (Å²) in [4.78, 5) is 4.69. The summed E-state index contributed by atoms with van der Waals surface area (Å²) in [6.45, 7) is 1.76. The first-order valence-electron chi connectivity index (χ1n) is 8.49. The van der Waals surface area contributed by atoms with Crippen LogP contribution in [-0.2, 0) is 6.61 Å². The summed E-state index contributed by atoms with van der Waals surface area (Å²) in [6, 6.07) is 16.3. The number of nitrogens with zero attached hydrogens (tertiary/aromatic N) is 3. The van der Waals surface area contributed by atoms with Gasteiger partial charge in [-0.05, 0) is 55.5 Å². The monoisotopic (exact) mass is 358 g/mol. The molecule has 1 aromatic heterocycles. The van der Waals surface area contributed by atoms with Gasteiger partial charge in [-0.3, -0.25) is 0 Å². The van der Waals surface area contributed by atoms with Crippen LogP contribution in [0.5, 0.6) is 5.75 Å². The van der Waals surface area contributed by atoms with E-state index >= 15 is 0 Å².